The first kappa shape index (κ1) is 16.6. The van der Waals surface area contributed by atoms with E-state index in [9.17, 15) is 26.1 Å². The molecule has 0 amide bonds. The summed E-state index contributed by atoms with van der Waals surface area (Å²) in [5.41, 5.74) is -4.48. The molecule has 0 aromatic heterocycles. The van der Waals surface area contributed by atoms with Crippen molar-refractivity contribution in [2.24, 2.45) is 0 Å². The van der Waals surface area contributed by atoms with Crippen LogP contribution in [0.3, 0.4) is 0 Å². The SMILES string of the molecule is N#CC(C#N)(O[B-](F)(F)F)C(F)(F)F.[Li+]. The summed E-state index contributed by atoms with van der Waals surface area (Å²) in [4.78, 5) is 0. The molecule has 3 nitrogen and oxygen atoms in total. The Labute approximate surface area is 91.9 Å². The number of halogens is 6. The number of hydrogen-bond donors (Lipinski definition) is 0. The summed E-state index contributed by atoms with van der Waals surface area (Å²) in [6.45, 7) is 0. The van der Waals surface area contributed by atoms with Crippen LogP contribution in [0.4, 0.5) is 26.1 Å². The maximum atomic E-state index is 11.8. The Morgan fingerprint density at radius 3 is 1.40 bits per heavy atom. The summed E-state index contributed by atoms with van der Waals surface area (Å²) >= 11 is 0. The third kappa shape index (κ3) is 4.05. The monoisotopic (exact) mass is 224 g/mol. The van der Waals surface area contributed by atoms with Gasteiger partial charge in [-0.05, 0) is 0 Å². The average Bonchev–Trinajstić information content (AvgIpc) is 1.96. The molecule has 0 aliphatic rings. The predicted octanol–water partition coefficient (Wildman–Crippen LogP) is -1.30. The molecule has 11 heteroatoms. The fourth-order valence-electron chi connectivity index (χ4n) is 0.472. The molecule has 78 valence electrons. The van der Waals surface area contributed by atoms with E-state index in [1.807, 2.05) is 0 Å². The molecule has 0 saturated heterocycles. The molecule has 0 fully saturated rings. The number of nitrogens with zero attached hydrogens (tertiary/aromatic N) is 2. The summed E-state index contributed by atoms with van der Waals surface area (Å²) in [5.74, 6) is 0. The van der Waals surface area contributed by atoms with Crippen molar-refractivity contribution in [1.29, 1.82) is 10.5 Å². The van der Waals surface area contributed by atoms with Gasteiger partial charge in [0.2, 0.25) is 0 Å². The van der Waals surface area contributed by atoms with E-state index in [0.717, 1.165) is 0 Å². The molecule has 0 unspecified atom stereocenters. The van der Waals surface area contributed by atoms with Crippen molar-refractivity contribution in [2.75, 3.05) is 0 Å². The van der Waals surface area contributed by atoms with Crippen LogP contribution in [-0.4, -0.2) is 19.0 Å². The Morgan fingerprint density at radius 2 is 1.33 bits per heavy atom. The second-order valence-corrected chi connectivity index (χ2v) is 2.04. The van der Waals surface area contributed by atoms with Crippen molar-refractivity contribution in [3.63, 3.8) is 0 Å². The van der Waals surface area contributed by atoms with Gasteiger partial charge in [-0.1, -0.05) is 0 Å². The number of hydrogen-bond acceptors (Lipinski definition) is 3. The zero-order valence-electron chi connectivity index (χ0n) is 7.15. The van der Waals surface area contributed by atoms with Gasteiger partial charge in [-0.15, -0.1) is 0 Å². The molecule has 0 spiro atoms. The van der Waals surface area contributed by atoms with Gasteiger partial charge in [-0.2, -0.15) is 23.7 Å². The zero-order chi connectivity index (χ0) is 11.6. The van der Waals surface area contributed by atoms with E-state index >= 15 is 0 Å². The summed E-state index contributed by atoms with van der Waals surface area (Å²) in [6, 6.07) is 0.298. The van der Waals surface area contributed by atoms with Gasteiger partial charge in [0, 0.05) is 0 Å². The molecule has 0 aliphatic carbocycles. The van der Waals surface area contributed by atoms with E-state index in [0.29, 0.717) is 0 Å². The second-order valence-electron chi connectivity index (χ2n) is 2.04. The predicted molar refractivity (Wildman–Crippen MR) is 30.2 cm³/mol. The van der Waals surface area contributed by atoms with E-state index in [-0.39, 0.29) is 31.0 Å². The van der Waals surface area contributed by atoms with Crippen LogP contribution in [-0.2, 0) is 4.65 Å². The molecule has 0 saturated carbocycles. The van der Waals surface area contributed by atoms with E-state index < -0.39 is 19.0 Å². The third-order valence-corrected chi connectivity index (χ3v) is 1.02. The maximum Gasteiger partial charge on any atom is 1.00 e. The normalized spacial score (nSPS) is 12.3. The molecule has 0 N–H and O–H groups in total. The molecule has 0 rings (SSSR count). The van der Waals surface area contributed by atoms with Crippen LogP contribution in [0.2, 0.25) is 0 Å². The first-order chi connectivity index (χ1) is 6.08. The minimum absolute atomic E-state index is 0. The van der Waals surface area contributed by atoms with Crippen LogP contribution in [0.5, 0.6) is 0 Å². The van der Waals surface area contributed by atoms with Crippen LogP contribution in [0, 0.1) is 22.7 Å². The summed E-state index contributed by atoms with van der Waals surface area (Å²) in [7, 11) is -6.35. The number of alkyl halides is 3. The number of rotatable bonds is 2. The minimum Gasteiger partial charge on any atom is -0.474 e. The van der Waals surface area contributed by atoms with Gasteiger partial charge in [0.25, 0.3) is 0 Å². The zero-order valence-corrected chi connectivity index (χ0v) is 7.15. The Bertz CT molecular complexity index is 286. The molecular weight excluding hydrogens is 224 g/mol. The quantitative estimate of drug-likeness (QED) is 0.432. The van der Waals surface area contributed by atoms with Crippen LogP contribution in [0.15, 0.2) is 0 Å². The second kappa shape index (κ2) is 4.80. The van der Waals surface area contributed by atoms with Crippen molar-refractivity contribution < 1.29 is 49.6 Å². The summed E-state index contributed by atoms with van der Waals surface area (Å²) in [6.07, 6.45) is -5.73. The first-order valence-corrected chi connectivity index (χ1v) is 2.86. The van der Waals surface area contributed by atoms with Gasteiger partial charge >= 0.3 is 37.8 Å². The van der Waals surface area contributed by atoms with Gasteiger partial charge in [0.15, 0.2) is 0 Å². The van der Waals surface area contributed by atoms with Gasteiger partial charge in [-0.3, -0.25) is 0 Å². The van der Waals surface area contributed by atoms with Crippen molar-refractivity contribution in [2.45, 2.75) is 11.8 Å². The number of nitriles is 2. The third-order valence-electron chi connectivity index (χ3n) is 1.02. The fourth-order valence-corrected chi connectivity index (χ4v) is 0.472. The van der Waals surface area contributed by atoms with E-state index in [4.69, 9.17) is 10.5 Å². The fraction of sp³-hybridized carbons (Fsp3) is 0.500. The van der Waals surface area contributed by atoms with Gasteiger partial charge in [0.05, 0.1) is 0 Å². The molecular formula is C4BF6LiN2O. The standard InChI is InChI=1S/C4BF6N2O.Li/c6-4(7,8)3(1-12,2-13)14-5(9,10)11;/q-1;+1. The average molecular weight is 224 g/mol. The van der Waals surface area contributed by atoms with Crippen LogP contribution < -0.4 is 18.9 Å². The van der Waals surface area contributed by atoms with Crippen molar-refractivity contribution in [1.82, 2.24) is 0 Å². The minimum atomic E-state index is -6.35. The van der Waals surface area contributed by atoms with Gasteiger partial charge < -0.3 is 17.6 Å². The molecule has 15 heavy (non-hydrogen) atoms. The van der Waals surface area contributed by atoms with Gasteiger partial charge in [-0.25, -0.2) is 0 Å². The summed E-state index contributed by atoms with van der Waals surface area (Å²) < 4.78 is 72.5. The van der Waals surface area contributed by atoms with E-state index in [1.165, 1.54) is 0 Å². The molecule has 0 radical (unpaired) electrons. The van der Waals surface area contributed by atoms with Crippen molar-refractivity contribution in [3.05, 3.63) is 0 Å². The summed E-state index contributed by atoms with van der Waals surface area (Å²) in [5, 5.41) is 15.7. The Kier molecular flexibility index (Phi) is 5.32. The van der Waals surface area contributed by atoms with Gasteiger partial charge in [0.1, 0.15) is 12.1 Å². The van der Waals surface area contributed by atoms with Crippen LogP contribution in [0.25, 0.3) is 0 Å². The van der Waals surface area contributed by atoms with Crippen LogP contribution in [0.1, 0.15) is 0 Å². The smallest absolute Gasteiger partial charge is 0.474 e. The Morgan fingerprint density at radius 1 is 1.00 bits per heavy atom. The maximum absolute atomic E-state index is 11.8. The van der Waals surface area contributed by atoms with E-state index in [2.05, 4.69) is 4.65 Å². The molecule has 0 aromatic rings. The Balaban J connectivity index is 0. The topological polar surface area (TPSA) is 56.8 Å². The van der Waals surface area contributed by atoms with Crippen molar-refractivity contribution in [3.8, 4) is 12.1 Å². The molecule has 0 bridgehead atoms. The molecule has 0 aromatic carbocycles. The van der Waals surface area contributed by atoms with Crippen LogP contribution >= 0.6 is 0 Å². The Hall–Kier alpha value is -0.818. The molecule has 0 aliphatic heterocycles. The van der Waals surface area contributed by atoms with Crippen molar-refractivity contribution >= 4 is 7.18 Å². The van der Waals surface area contributed by atoms with E-state index in [1.54, 1.807) is 0 Å². The molecule has 0 heterocycles. The first-order valence-electron chi connectivity index (χ1n) is 2.86. The largest absolute Gasteiger partial charge is 1.00 e. The molecule has 0 atom stereocenters.